The summed E-state index contributed by atoms with van der Waals surface area (Å²) in [7, 11) is 0. The Bertz CT molecular complexity index is 174. The van der Waals surface area contributed by atoms with Crippen molar-refractivity contribution in [2.75, 3.05) is 0 Å². The van der Waals surface area contributed by atoms with Crippen molar-refractivity contribution >= 4 is 0 Å². The molecule has 14 heavy (non-hydrogen) atoms. The molecule has 1 nitrogen and oxygen atoms in total. The molecular weight excluding hydrogens is 170 g/mol. The van der Waals surface area contributed by atoms with E-state index in [0.29, 0.717) is 0 Å². The molecule has 0 bridgehead atoms. The first kappa shape index (κ1) is 10.5. The minimum Gasteiger partial charge on any atom is -0.308 e. The zero-order valence-corrected chi connectivity index (χ0v) is 9.76. The van der Waals surface area contributed by atoms with Crippen molar-refractivity contribution in [1.29, 1.82) is 0 Å². The zero-order chi connectivity index (χ0) is 9.97. The fourth-order valence-corrected chi connectivity index (χ4v) is 2.82. The fraction of sp³-hybridized carbons (Fsp3) is 1.00. The number of rotatable bonds is 7. The monoisotopic (exact) mass is 195 g/mol. The van der Waals surface area contributed by atoms with Crippen LogP contribution < -0.4 is 5.32 Å². The molecule has 2 unspecified atom stereocenters. The van der Waals surface area contributed by atoms with E-state index in [9.17, 15) is 0 Å². The highest BCUT2D eigenvalue weighted by atomic mass is 15.2. The van der Waals surface area contributed by atoms with Crippen molar-refractivity contribution in [1.82, 2.24) is 5.32 Å². The van der Waals surface area contributed by atoms with Gasteiger partial charge in [0, 0.05) is 12.1 Å². The van der Waals surface area contributed by atoms with Crippen LogP contribution in [0.1, 0.15) is 58.8 Å². The third-order valence-corrected chi connectivity index (χ3v) is 3.89. The third kappa shape index (κ3) is 2.50. The number of hydrogen-bond acceptors (Lipinski definition) is 1. The molecule has 0 spiro atoms. The summed E-state index contributed by atoms with van der Waals surface area (Å²) < 4.78 is 0. The molecular formula is C13H25N. The van der Waals surface area contributed by atoms with Gasteiger partial charge in [-0.3, -0.25) is 0 Å². The zero-order valence-electron chi connectivity index (χ0n) is 9.76. The maximum atomic E-state index is 3.72. The molecule has 1 heteroatoms. The average molecular weight is 195 g/mol. The summed E-state index contributed by atoms with van der Waals surface area (Å²) in [6.45, 7) is 4.63. The van der Waals surface area contributed by atoms with Crippen molar-refractivity contribution < 1.29 is 0 Å². The molecule has 1 aliphatic carbocycles. The predicted octanol–water partition coefficient (Wildman–Crippen LogP) is 3.34. The molecule has 0 aromatic carbocycles. The van der Waals surface area contributed by atoms with Gasteiger partial charge in [-0.15, -0.1) is 0 Å². The van der Waals surface area contributed by atoms with Gasteiger partial charge in [-0.2, -0.15) is 0 Å². The molecule has 1 N–H and O–H groups in total. The molecule has 3 atom stereocenters. The fourth-order valence-electron chi connectivity index (χ4n) is 2.82. The Morgan fingerprint density at radius 2 is 1.93 bits per heavy atom. The largest absolute Gasteiger partial charge is 0.308 e. The molecule has 0 aromatic rings. The van der Waals surface area contributed by atoms with E-state index in [2.05, 4.69) is 19.2 Å². The van der Waals surface area contributed by atoms with Crippen LogP contribution in [0.15, 0.2) is 0 Å². The van der Waals surface area contributed by atoms with Crippen LogP contribution in [0.5, 0.6) is 0 Å². The predicted molar refractivity (Wildman–Crippen MR) is 61.4 cm³/mol. The Morgan fingerprint density at radius 1 is 1.14 bits per heavy atom. The van der Waals surface area contributed by atoms with Crippen molar-refractivity contribution in [3.63, 3.8) is 0 Å². The number of hydrogen-bond donors (Lipinski definition) is 1. The van der Waals surface area contributed by atoms with Crippen molar-refractivity contribution in [2.45, 2.75) is 70.9 Å². The van der Waals surface area contributed by atoms with E-state index in [1.54, 1.807) is 0 Å². The van der Waals surface area contributed by atoms with Crippen molar-refractivity contribution in [2.24, 2.45) is 11.8 Å². The molecule has 0 amide bonds. The summed E-state index contributed by atoms with van der Waals surface area (Å²) >= 11 is 0. The third-order valence-electron chi connectivity index (χ3n) is 3.89. The summed E-state index contributed by atoms with van der Waals surface area (Å²) in [5.41, 5.74) is 0. The highest BCUT2D eigenvalue weighted by molar-refractivity contribution is 5.08. The Morgan fingerprint density at radius 3 is 2.50 bits per heavy atom. The first-order valence-electron chi connectivity index (χ1n) is 6.62. The molecule has 1 aliphatic heterocycles. The summed E-state index contributed by atoms with van der Waals surface area (Å²) in [5.74, 6) is 2.06. The Hall–Kier alpha value is -0.0400. The quantitative estimate of drug-likeness (QED) is 0.618. The van der Waals surface area contributed by atoms with Gasteiger partial charge in [0.25, 0.3) is 0 Å². The lowest BCUT2D eigenvalue weighted by Crippen LogP contribution is -2.12. The normalized spacial score (nSPS) is 33.0. The van der Waals surface area contributed by atoms with Gasteiger partial charge in [-0.25, -0.2) is 0 Å². The lowest BCUT2D eigenvalue weighted by atomic mass is 9.91. The first-order chi connectivity index (χ1) is 6.86. The standard InChI is InChI=1S/C13H25N/c1-3-5-7-10(6-4-2)12-13(14-12)11-8-9-11/h10-14H,3-9H2,1-2H3/t10?,12-,13?/m0/s1. The van der Waals surface area contributed by atoms with Crippen LogP contribution in [-0.4, -0.2) is 12.1 Å². The van der Waals surface area contributed by atoms with Gasteiger partial charge in [0.2, 0.25) is 0 Å². The van der Waals surface area contributed by atoms with E-state index in [1.165, 1.54) is 44.9 Å². The summed E-state index contributed by atoms with van der Waals surface area (Å²) in [6.07, 6.45) is 10.1. The van der Waals surface area contributed by atoms with E-state index in [-0.39, 0.29) is 0 Å². The second-order valence-electron chi connectivity index (χ2n) is 5.25. The highest BCUT2D eigenvalue weighted by Gasteiger charge is 2.49. The Balaban J connectivity index is 1.72. The van der Waals surface area contributed by atoms with Gasteiger partial charge in [0.05, 0.1) is 0 Å². The average Bonchev–Trinajstić information content (AvgIpc) is 3.03. The van der Waals surface area contributed by atoms with Crippen LogP contribution in [-0.2, 0) is 0 Å². The van der Waals surface area contributed by atoms with E-state index in [0.717, 1.165) is 23.9 Å². The van der Waals surface area contributed by atoms with Crippen molar-refractivity contribution in [3.8, 4) is 0 Å². The van der Waals surface area contributed by atoms with Gasteiger partial charge < -0.3 is 5.32 Å². The van der Waals surface area contributed by atoms with E-state index >= 15 is 0 Å². The molecule has 1 heterocycles. The van der Waals surface area contributed by atoms with Gasteiger partial charge in [-0.1, -0.05) is 33.1 Å². The second-order valence-corrected chi connectivity index (χ2v) is 5.25. The molecule has 2 aliphatic rings. The summed E-state index contributed by atoms with van der Waals surface area (Å²) in [4.78, 5) is 0. The van der Waals surface area contributed by atoms with Crippen molar-refractivity contribution in [3.05, 3.63) is 0 Å². The van der Waals surface area contributed by atoms with Gasteiger partial charge >= 0.3 is 0 Å². The van der Waals surface area contributed by atoms with E-state index in [4.69, 9.17) is 0 Å². The van der Waals surface area contributed by atoms with Crippen LogP contribution in [0, 0.1) is 11.8 Å². The first-order valence-corrected chi connectivity index (χ1v) is 6.62. The SMILES string of the molecule is CCCCC(CCC)[C@@H]1NC1C1CC1. The molecule has 0 aromatic heterocycles. The molecule has 1 saturated carbocycles. The minimum absolute atomic E-state index is 0.911. The Kier molecular flexibility index (Phi) is 3.48. The van der Waals surface area contributed by atoms with E-state index < -0.39 is 0 Å². The van der Waals surface area contributed by atoms with Crippen LogP contribution >= 0.6 is 0 Å². The maximum absolute atomic E-state index is 3.72. The van der Waals surface area contributed by atoms with E-state index in [1.807, 2.05) is 0 Å². The number of unbranched alkanes of at least 4 members (excludes halogenated alkanes) is 1. The maximum Gasteiger partial charge on any atom is 0.0255 e. The molecule has 2 rings (SSSR count). The van der Waals surface area contributed by atoms with Crippen LogP contribution in [0.3, 0.4) is 0 Å². The minimum atomic E-state index is 0.911. The molecule has 82 valence electrons. The topological polar surface area (TPSA) is 21.9 Å². The highest BCUT2D eigenvalue weighted by Crippen LogP contribution is 2.43. The molecule has 0 radical (unpaired) electrons. The van der Waals surface area contributed by atoms with Gasteiger partial charge in [0.1, 0.15) is 0 Å². The smallest absolute Gasteiger partial charge is 0.0255 e. The Labute approximate surface area is 88.7 Å². The molecule has 2 fully saturated rings. The summed E-state index contributed by atoms with van der Waals surface area (Å²) in [5, 5.41) is 3.72. The van der Waals surface area contributed by atoms with Gasteiger partial charge in [0.15, 0.2) is 0 Å². The lowest BCUT2D eigenvalue weighted by Gasteiger charge is -2.14. The lowest BCUT2D eigenvalue weighted by molar-refractivity contribution is 0.411. The second kappa shape index (κ2) is 4.65. The van der Waals surface area contributed by atoms with Crippen LogP contribution in [0.2, 0.25) is 0 Å². The number of nitrogens with one attached hydrogen (secondary N) is 1. The van der Waals surface area contributed by atoms with Gasteiger partial charge in [-0.05, 0) is 37.5 Å². The molecule has 1 saturated heterocycles. The van der Waals surface area contributed by atoms with Crippen LogP contribution in [0.25, 0.3) is 0 Å². The van der Waals surface area contributed by atoms with Crippen LogP contribution in [0.4, 0.5) is 0 Å². The summed E-state index contributed by atoms with van der Waals surface area (Å²) in [6, 6.07) is 1.84.